The van der Waals surface area contributed by atoms with Crippen molar-refractivity contribution in [1.82, 2.24) is 15.5 Å². The first-order valence-electron chi connectivity index (χ1n) is 6.60. The highest BCUT2D eigenvalue weighted by Gasteiger charge is 2.25. The van der Waals surface area contributed by atoms with Crippen molar-refractivity contribution in [2.45, 2.75) is 25.8 Å². The second kappa shape index (κ2) is 5.40. The molecule has 1 aromatic carbocycles. The first-order chi connectivity index (χ1) is 9.36. The molecular formula is C14H17N3O2. The summed E-state index contributed by atoms with van der Waals surface area (Å²) in [6.07, 6.45) is 0.888. The normalized spacial score (nSPS) is 17.8. The number of fused-ring (bicyclic) bond motifs is 1. The van der Waals surface area contributed by atoms with Gasteiger partial charge in [0.2, 0.25) is 11.8 Å². The van der Waals surface area contributed by atoms with Crippen LogP contribution < -0.4 is 10.1 Å². The highest BCUT2D eigenvalue weighted by molar-refractivity contribution is 5.36. The van der Waals surface area contributed by atoms with Crippen molar-refractivity contribution >= 4 is 0 Å². The van der Waals surface area contributed by atoms with E-state index in [-0.39, 0.29) is 5.92 Å². The number of hydrogen-bond donors (Lipinski definition) is 1. The lowest BCUT2D eigenvalue weighted by molar-refractivity contribution is 0.239. The Morgan fingerprint density at radius 3 is 3.11 bits per heavy atom. The van der Waals surface area contributed by atoms with Crippen LogP contribution in [0.15, 0.2) is 28.7 Å². The maximum atomic E-state index is 5.74. The molecule has 5 nitrogen and oxygen atoms in total. The Bertz CT molecular complexity index is 553. The lowest BCUT2D eigenvalue weighted by Crippen LogP contribution is -2.19. The number of hydrogen-bond acceptors (Lipinski definition) is 5. The summed E-state index contributed by atoms with van der Waals surface area (Å²) in [7, 11) is 0. The highest BCUT2D eigenvalue weighted by Crippen LogP contribution is 2.31. The van der Waals surface area contributed by atoms with Gasteiger partial charge in [-0.15, -0.1) is 10.2 Å². The quantitative estimate of drug-likeness (QED) is 0.908. The van der Waals surface area contributed by atoms with Gasteiger partial charge in [-0.2, -0.15) is 0 Å². The van der Waals surface area contributed by atoms with E-state index in [0.29, 0.717) is 24.9 Å². The summed E-state index contributed by atoms with van der Waals surface area (Å²) >= 11 is 0. The maximum Gasteiger partial charge on any atom is 0.230 e. The van der Waals surface area contributed by atoms with Crippen molar-refractivity contribution in [1.29, 1.82) is 0 Å². The zero-order valence-electron chi connectivity index (χ0n) is 10.9. The third kappa shape index (κ3) is 2.61. The summed E-state index contributed by atoms with van der Waals surface area (Å²) in [6.45, 7) is 4.15. The Hall–Kier alpha value is -1.88. The Morgan fingerprint density at radius 2 is 2.21 bits per heavy atom. The van der Waals surface area contributed by atoms with Crippen LogP contribution in [0, 0.1) is 0 Å². The molecule has 0 aliphatic carbocycles. The number of rotatable bonds is 4. The predicted octanol–water partition coefficient (Wildman–Crippen LogP) is 1.90. The average molecular weight is 259 g/mol. The van der Waals surface area contributed by atoms with E-state index in [9.17, 15) is 0 Å². The summed E-state index contributed by atoms with van der Waals surface area (Å²) in [5, 5.41) is 11.3. The number of benzene rings is 1. The van der Waals surface area contributed by atoms with Crippen molar-refractivity contribution in [2.75, 3.05) is 13.2 Å². The van der Waals surface area contributed by atoms with E-state index in [2.05, 4.69) is 21.6 Å². The van der Waals surface area contributed by atoms with Crippen LogP contribution in [-0.2, 0) is 13.0 Å². The molecule has 0 spiro atoms. The number of nitrogens with one attached hydrogen (secondary N) is 1. The van der Waals surface area contributed by atoms with Gasteiger partial charge >= 0.3 is 0 Å². The van der Waals surface area contributed by atoms with Crippen LogP contribution in [0.3, 0.4) is 0 Å². The number of aromatic nitrogens is 2. The fraction of sp³-hybridized carbons (Fsp3) is 0.429. The van der Waals surface area contributed by atoms with E-state index >= 15 is 0 Å². The lowest BCUT2D eigenvalue weighted by Gasteiger charge is -2.22. The van der Waals surface area contributed by atoms with Crippen molar-refractivity contribution in [2.24, 2.45) is 0 Å². The summed E-state index contributed by atoms with van der Waals surface area (Å²) < 4.78 is 11.4. The largest absolute Gasteiger partial charge is 0.492 e. The summed E-state index contributed by atoms with van der Waals surface area (Å²) in [5.74, 6) is 2.42. The third-order valence-electron chi connectivity index (χ3n) is 3.24. The molecule has 1 aliphatic rings. The minimum atomic E-state index is 0.151. The molecule has 1 unspecified atom stereocenters. The summed E-state index contributed by atoms with van der Waals surface area (Å²) in [6, 6.07) is 8.09. The topological polar surface area (TPSA) is 60.2 Å². The Balaban J connectivity index is 1.72. The van der Waals surface area contributed by atoms with E-state index < -0.39 is 0 Å². The lowest BCUT2D eigenvalue weighted by atomic mass is 9.97. The maximum absolute atomic E-state index is 5.74. The van der Waals surface area contributed by atoms with E-state index in [0.717, 1.165) is 18.7 Å². The second-order valence-corrected chi connectivity index (χ2v) is 4.63. The van der Waals surface area contributed by atoms with Crippen LogP contribution in [0.2, 0.25) is 0 Å². The molecule has 0 bridgehead atoms. The smallest absolute Gasteiger partial charge is 0.230 e. The van der Waals surface area contributed by atoms with E-state index in [1.807, 2.05) is 25.1 Å². The number of nitrogens with zero attached hydrogens (tertiary/aromatic N) is 2. The first kappa shape index (κ1) is 12.2. The molecule has 0 fully saturated rings. The Kier molecular flexibility index (Phi) is 3.46. The zero-order chi connectivity index (χ0) is 13.1. The van der Waals surface area contributed by atoms with Gasteiger partial charge in [-0.25, -0.2) is 0 Å². The van der Waals surface area contributed by atoms with E-state index in [4.69, 9.17) is 9.15 Å². The van der Waals surface area contributed by atoms with Crippen LogP contribution in [0.5, 0.6) is 5.75 Å². The van der Waals surface area contributed by atoms with Gasteiger partial charge in [0, 0.05) is 0 Å². The van der Waals surface area contributed by atoms with Crippen molar-refractivity contribution < 1.29 is 9.15 Å². The summed E-state index contributed by atoms with van der Waals surface area (Å²) in [4.78, 5) is 0. The molecule has 1 atom stereocenters. The molecular weight excluding hydrogens is 242 g/mol. The van der Waals surface area contributed by atoms with Crippen molar-refractivity contribution in [3.05, 3.63) is 41.6 Å². The minimum Gasteiger partial charge on any atom is -0.492 e. The standard InChI is InChI=1S/C14H17N3O2/c1-2-15-8-13-16-17-14(19-13)11-7-10-5-3-4-6-12(10)18-9-11/h3-6,11,15H,2,7-9H2,1H3. The van der Waals surface area contributed by atoms with Crippen LogP contribution in [-0.4, -0.2) is 23.3 Å². The molecule has 5 heteroatoms. The fourth-order valence-electron chi connectivity index (χ4n) is 2.22. The van der Waals surface area contributed by atoms with Crippen molar-refractivity contribution in [3.63, 3.8) is 0 Å². The van der Waals surface area contributed by atoms with Gasteiger partial charge in [0.15, 0.2) is 0 Å². The second-order valence-electron chi connectivity index (χ2n) is 4.63. The first-order valence-corrected chi connectivity index (χ1v) is 6.60. The Morgan fingerprint density at radius 1 is 1.32 bits per heavy atom. The Labute approximate surface area is 112 Å². The molecule has 19 heavy (non-hydrogen) atoms. The zero-order valence-corrected chi connectivity index (χ0v) is 10.9. The third-order valence-corrected chi connectivity index (χ3v) is 3.24. The summed E-state index contributed by atoms with van der Waals surface area (Å²) in [5.41, 5.74) is 1.20. The molecule has 2 aromatic rings. The molecule has 100 valence electrons. The van der Waals surface area contributed by atoms with Crippen LogP contribution >= 0.6 is 0 Å². The molecule has 0 saturated carbocycles. The highest BCUT2D eigenvalue weighted by atomic mass is 16.5. The van der Waals surface area contributed by atoms with Gasteiger partial charge in [-0.1, -0.05) is 25.1 Å². The van der Waals surface area contributed by atoms with Gasteiger partial charge < -0.3 is 14.5 Å². The number of para-hydroxylation sites is 1. The fourth-order valence-corrected chi connectivity index (χ4v) is 2.22. The van der Waals surface area contributed by atoms with Gasteiger partial charge in [-0.05, 0) is 24.6 Å². The molecule has 1 N–H and O–H groups in total. The van der Waals surface area contributed by atoms with Crippen LogP contribution in [0.1, 0.15) is 30.2 Å². The van der Waals surface area contributed by atoms with Crippen molar-refractivity contribution in [3.8, 4) is 5.75 Å². The number of ether oxygens (including phenoxy) is 1. The SMILES string of the molecule is CCNCc1nnc(C2COc3ccccc3C2)o1. The molecule has 2 heterocycles. The molecule has 0 amide bonds. The average Bonchev–Trinajstić information content (AvgIpc) is 2.93. The van der Waals surface area contributed by atoms with Gasteiger partial charge in [-0.3, -0.25) is 0 Å². The van der Waals surface area contributed by atoms with Gasteiger partial charge in [0.25, 0.3) is 0 Å². The van der Waals surface area contributed by atoms with E-state index in [1.54, 1.807) is 0 Å². The molecule has 0 saturated heterocycles. The molecule has 0 radical (unpaired) electrons. The molecule has 3 rings (SSSR count). The molecule has 1 aliphatic heterocycles. The van der Waals surface area contributed by atoms with Gasteiger partial charge in [0.05, 0.1) is 12.5 Å². The van der Waals surface area contributed by atoms with Crippen LogP contribution in [0.4, 0.5) is 0 Å². The van der Waals surface area contributed by atoms with Gasteiger partial charge in [0.1, 0.15) is 12.4 Å². The predicted molar refractivity (Wildman–Crippen MR) is 70.1 cm³/mol. The monoisotopic (exact) mass is 259 g/mol. The minimum absolute atomic E-state index is 0.151. The van der Waals surface area contributed by atoms with E-state index in [1.165, 1.54) is 5.56 Å². The molecule has 1 aromatic heterocycles. The van der Waals surface area contributed by atoms with Crippen LogP contribution in [0.25, 0.3) is 0 Å².